The highest BCUT2D eigenvalue weighted by Gasteiger charge is 2.21. The maximum atomic E-state index is 11.9. The van der Waals surface area contributed by atoms with Gasteiger partial charge >= 0.3 is 12.0 Å². The molecule has 0 spiro atoms. The maximum Gasteiger partial charge on any atom is 0.319 e. The van der Waals surface area contributed by atoms with Crippen LogP contribution in [-0.2, 0) is 4.79 Å². The van der Waals surface area contributed by atoms with Crippen LogP contribution < -0.4 is 16.4 Å². The standard InChI is InChI=1S/C14H18ClN3O4/c1-14(2,6-5-11(19)20)18-13(22)17-8-3-4-10(15)9(7-8)12(16)21/h3-4,7H,5-6H2,1-2H3,(H2,16,21)(H,19,20)(H2,17,18,22). The van der Waals surface area contributed by atoms with Gasteiger partial charge in [-0.25, -0.2) is 4.79 Å². The number of benzene rings is 1. The van der Waals surface area contributed by atoms with Crippen molar-refractivity contribution in [2.24, 2.45) is 5.73 Å². The van der Waals surface area contributed by atoms with E-state index in [1.54, 1.807) is 13.8 Å². The number of amides is 3. The van der Waals surface area contributed by atoms with Crippen LogP contribution >= 0.6 is 11.6 Å². The van der Waals surface area contributed by atoms with Crippen molar-refractivity contribution in [2.45, 2.75) is 32.2 Å². The molecule has 1 rings (SSSR count). The van der Waals surface area contributed by atoms with Crippen molar-refractivity contribution in [1.29, 1.82) is 0 Å². The summed E-state index contributed by atoms with van der Waals surface area (Å²) in [6.07, 6.45) is 0.225. The second-order valence-corrected chi connectivity index (χ2v) is 5.82. The van der Waals surface area contributed by atoms with E-state index in [1.807, 2.05) is 0 Å². The molecule has 0 aliphatic carbocycles. The van der Waals surface area contributed by atoms with Gasteiger partial charge in [-0.2, -0.15) is 0 Å². The summed E-state index contributed by atoms with van der Waals surface area (Å²) in [4.78, 5) is 33.7. The monoisotopic (exact) mass is 327 g/mol. The van der Waals surface area contributed by atoms with Crippen molar-refractivity contribution in [3.63, 3.8) is 0 Å². The lowest BCUT2D eigenvalue weighted by molar-refractivity contribution is -0.137. The molecule has 0 fully saturated rings. The zero-order chi connectivity index (χ0) is 16.9. The van der Waals surface area contributed by atoms with Crippen molar-refractivity contribution in [1.82, 2.24) is 5.32 Å². The van der Waals surface area contributed by atoms with Crippen LogP contribution in [-0.4, -0.2) is 28.6 Å². The van der Waals surface area contributed by atoms with E-state index < -0.39 is 23.4 Å². The molecule has 120 valence electrons. The van der Waals surface area contributed by atoms with Crippen molar-refractivity contribution in [3.05, 3.63) is 28.8 Å². The number of carbonyl (C=O) groups excluding carboxylic acids is 2. The van der Waals surface area contributed by atoms with Crippen LogP contribution in [0.2, 0.25) is 5.02 Å². The van der Waals surface area contributed by atoms with Crippen LogP contribution in [0.25, 0.3) is 0 Å². The zero-order valence-electron chi connectivity index (χ0n) is 12.3. The number of carboxylic acids is 1. The quantitative estimate of drug-likeness (QED) is 0.639. The number of primary amides is 1. The molecule has 0 radical (unpaired) electrons. The number of aliphatic carboxylic acids is 1. The highest BCUT2D eigenvalue weighted by atomic mass is 35.5. The Bertz CT molecular complexity index is 602. The second-order valence-electron chi connectivity index (χ2n) is 5.42. The first-order chi connectivity index (χ1) is 10.1. The lowest BCUT2D eigenvalue weighted by Gasteiger charge is -2.25. The number of carboxylic acid groups (broad SMARTS) is 1. The fourth-order valence-electron chi connectivity index (χ4n) is 1.74. The molecular weight excluding hydrogens is 310 g/mol. The van der Waals surface area contributed by atoms with Crippen LogP contribution in [0.1, 0.15) is 37.0 Å². The van der Waals surface area contributed by atoms with Gasteiger partial charge in [-0.05, 0) is 38.5 Å². The van der Waals surface area contributed by atoms with Gasteiger partial charge in [-0.1, -0.05) is 11.6 Å². The van der Waals surface area contributed by atoms with Gasteiger partial charge in [0.05, 0.1) is 10.6 Å². The van der Waals surface area contributed by atoms with Gasteiger partial charge in [0.25, 0.3) is 0 Å². The molecule has 0 unspecified atom stereocenters. The van der Waals surface area contributed by atoms with E-state index in [0.717, 1.165) is 0 Å². The fourth-order valence-corrected chi connectivity index (χ4v) is 1.95. The highest BCUT2D eigenvalue weighted by molar-refractivity contribution is 6.33. The van der Waals surface area contributed by atoms with E-state index in [4.69, 9.17) is 22.4 Å². The first kappa shape index (κ1) is 17.8. The smallest absolute Gasteiger partial charge is 0.319 e. The Labute approximate surface area is 132 Å². The summed E-state index contributed by atoms with van der Waals surface area (Å²) in [6, 6.07) is 3.83. The third-order valence-corrected chi connectivity index (χ3v) is 3.24. The lowest BCUT2D eigenvalue weighted by atomic mass is 9.99. The molecule has 1 aromatic carbocycles. The minimum absolute atomic E-state index is 0.0555. The van der Waals surface area contributed by atoms with Gasteiger partial charge in [0.1, 0.15) is 0 Å². The topological polar surface area (TPSA) is 122 Å². The van der Waals surface area contributed by atoms with E-state index in [9.17, 15) is 14.4 Å². The van der Waals surface area contributed by atoms with Crippen molar-refractivity contribution in [2.75, 3.05) is 5.32 Å². The number of rotatable bonds is 6. The van der Waals surface area contributed by atoms with Crippen molar-refractivity contribution < 1.29 is 19.5 Å². The SMILES string of the molecule is CC(C)(CCC(=O)O)NC(=O)Nc1ccc(Cl)c(C(N)=O)c1. The van der Waals surface area contributed by atoms with E-state index >= 15 is 0 Å². The Morgan fingerprint density at radius 2 is 1.95 bits per heavy atom. The summed E-state index contributed by atoms with van der Waals surface area (Å²) in [5.74, 6) is -1.63. The maximum absolute atomic E-state index is 11.9. The summed E-state index contributed by atoms with van der Waals surface area (Å²) in [6.45, 7) is 3.43. The van der Waals surface area contributed by atoms with Gasteiger partial charge in [-0.15, -0.1) is 0 Å². The predicted molar refractivity (Wildman–Crippen MR) is 83.1 cm³/mol. The van der Waals surface area contributed by atoms with E-state index in [2.05, 4.69) is 10.6 Å². The number of hydrogen-bond acceptors (Lipinski definition) is 3. The van der Waals surface area contributed by atoms with Gasteiger partial charge in [0.2, 0.25) is 5.91 Å². The molecule has 0 atom stereocenters. The third kappa shape index (κ3) is 5.61. The number of nitrogens with two attached hydrogens (primary N) is 1. The molecule has 1 aromatic rings. The lowest BCUT2D eigenvalue weighted by Crippen LogP contribution is -2.45. The molecule has 0 saturated heterocycles. The molecule has 0 aromatic heterocycles. The number of hydrogen-bond donors (Lipinski definition) is 4. The van der Waals surface area contributed by atoms with Gasteiger partial charge in [0.15, 0.2) is 0 Å². The van der Waals surface area contributed by atoms with Crippen LogP contribution in [0.5, 0.6) is 0 Å². The number of anilines is 1. The van der Waals surface area contributed by atoms with Crippen LogP contribution in [0, 0.1) is 0 Å². The van der Waals surface area contributed by atoms with Crippen LogP contribution in [0.3, 0.4) is 0 Å². The number of nitrogens with one attached hydrogen (secondary N) is 2. The second kappa shape index (κ2) is 7.13. The molecule has 0 saturated carbocycles. The van der Waals surface area contributed by atoms with Crippen molar-refractivity contribution in [3.8, 4) is 0 Å². The number of carbonyl (C=O) groups is 3. The average molecular weight is 328 g/mol. The van der Waals surface area contributed by atoms with Crippen molar-refractivity contribution >= 4 is 35.2 Å². The molecule has 0 heterocycles. The summed E-state index contributed by atoms with van der Waals surface area (Å²) in [5, 5.41) is 14.1. The zero-order valence-corrected chi connectivity index (χ0v) is 13.0. The molecule has 0 aliphatic rings. The minimum Gasteiger partial charge on any atom is -0.481 e. The van der Waals surface area contributed by atoms with Gasteiger partial charge in [-0.3, -0.25) is 9.59 Å². The molecule has 0 bridgehead atoms. The van der Waals surface area contributed by atoms with E-state index in [-0.39, 0.29) is 23.4 Å². The van der Waals surface area contributed by atoms with E-state index in [0.29, 0.717) is 5.69 Å². The largest absolute Gasteiger partial charge is 0.481 e. The molecule has 5 N–H and O–H groups in total. The fraction of sp³-hybridized carbons (Fsp3) is 0.357. The Morgan fingerprint density at radius 3 is 2.50 bits per heavy atom. The Morgan fingerprint density at radius 1 is 1.32 bits per heavy atom. The normalized spacial score (nSPS) is 10.9. The first-order valence-corrected chi connectivity index (χ1v) is 6.89. The number of urea groups is 1. The molecule has 0 aliphatic heterocycles. The minimum atomic E-state index is -0.931. The third-order valence-electron chi connectivity index (χ3n) is 2.91. The predicted octanol–water partition coefficient (Wildman–Crippen LogP) is 2.20. The Kier molecular flexibility index (Phi) is 5.76. The Hall–Kier alpha value is -2.28. The molecule has 8 heteroatoms. The summed E-state index contributed by atoms with van der Waals surface area (Å²) in [5.41, 5.74) is 4.94. The Balaban J connectivity index is 2.71. The summed E-state index contributed by atoms with van der Waals surface area (Å²) >= 11 is 5.82. The number of halogens is 1. The van der Waals surface area contributed by atoms with Gasteiger partial charge in [0, 0.05) is 17.6 Å². The average Bonchev–Trinajstić information content (AvgIpc) is 2.38. The highest BCUT2D eigenvalue weighted by Crippen LogP contribution is 2.20. The van der Waals surface area contributed by atoms with Crippen LogP contribution in [0.4, 0.5) is 10.5 Å². The molecule has 3 amide bonds. The summed E-state index contributed by atoms with van der Waals surface area (Å²) in [7, 11) is 0. The van der Waals surface area contributed by atoms with Gasteiger partial charge < -0.3 is 21.5 Å². The summed E-state index contributed by atoms with van der Waals surface area (Å²) < 4.78 is 0. The molecule has 22 heavy (non-hydrogen) atoms. The van der Waals surface area contributed by atoms with Crippen LogP contribution in [0.15, 0.2) is 18.2 Å². The molecular formula is C14H18ClN3O4. The first-order valence-electron chi connectivity index (χ1n) is 6.51. The molecule has 7 nitrogen and oxygen atoms in total. The van der Waals surface area contributed by atoms with E-state index in [1.165, 1.54) is 18.2 Å².